The molecular weight excluding hydrogens is 442 g/mol. The number of rotatable bonds is 12. The van der Waals surface area contributed by atoms with Crippen LogP contribution < -0.4 is 10.2 Å². The first kappa shape index (κ1) is 24.4. The second kappa shape index (κ2) is 12.1. The van der Waals surface area contributed by atoms with Crippen LogP contribution in [0.1, 0.15) is 40.6 Å². The van der Waals surface area contributed by atoms with Crippen LogP contribution in [0.5, 0.6) is 5.75 Å². The van der Waals surface area contributed by atoms with E-state index in [2.05, 4.69) is 10.2 Å². The molecule has 0 radical (unpaired) electrons. The van der Waals surface area contributed by atoms with Gasteiger partial charge in [0.15, 0.2) is 0 Å². The average Bonchev–Trinajstić information content (AvgIpc) is 3.24. The van der Waals surface area contributed by atoms with Crippen molar-refractivity contribution in [3.05, 3.63) is 64.5 Å². The molecule has 1 N–H and O–H groups in total. The van der Waals surface area contributed by atoms with Crippen molar-refractivity contribution in [2.45, 2.75) is 32.6 Å². The second-order valence-corrected chi connectivity index (χ2v) is 8.50. The Morgan fingerprint density at radius 2 is 1.70 bits per heavy atom. The summed E-state index contributed by atoms with van der Waals surface area (Å²) < 4.78 is 11.2. The largest absolute Gasteiger partial charge is 0.494 e. The maximum absolute atomic E-state index is 12.6. The maximum Gasteiger partial charge on any atom is 0.305 e. The Balaban J connectivity index is 1.51. The Morgan fingerprint density at radius 1 is 0.970 bits per heavy atom. The van der Waals surface area contributed by atoms with Gasteiger partial charge in [-0.3, -0.25) is 19.2 Å². The molecule has 1 aromatic heterocycles. The summed E-state index contributed by atoms with van der Waals surface area (Å²) in [6.45, 7) is 2.62. The van der Waals surface area contributed by atoms with E-state index in [9.17, 15) is 14.4 Å². The van der Waals surface area contributed by atoms with Gasteiger partial charge in [0.05, 0.1) is 25.2 Å². The van der Waals surface area contributed by atoms with Crippen molar-refractivity contribution in [2.24, 2.45) is 0 Å². The molecule has 3 rings (SSSR count). The summed E-state index contributed by atoms with van der Waals surface area (Å²) in [4.78, 5) is 41.3. The SMILES string of the molecule is CCONC(=O)c1cc2cc(CC(=O)Cc3ccc(OCCCC(=O)OC)cc3)ccc2s1. The predicted molar refractivity (Wildman–Crippen MR) is 127 cm³/mol. The molecule has 0 unspecified atom stereocenters. The minimum atomic E-state index is -0.272. The molecular formula is C25H27NO6S. The number of carbonyl (C=O) groups is 3. The van der Waals surface area contributed by atoms with Gasteiger partial charge in [-0.25, -0.2) is 5.48 Å². The number of ether oxygens (including phenoxy) is 2. The standard InChI is InChI=1S/C25H27NO6S/c1-3-32-26-25(29)23-16-19-13-18(8-11-22(19)33-23)15-20(27)14-17-6-9-21(10-7-17)31-12-4-5-24(28)30-2/h6-11,13,16H,3-5,12,14-15H2,1-2H3,(H,26,29). The molecule has 3 aromatic rings. The van der Waals surface area contributed by atoms with Crippen molar-refractivity contribution in [3.63, 3.8) is 0 Å². The molecule has 8 heteroatoms. The number of Topliss-reactive ketones (excluding diaryl/α,β-unsaturated/α-hetero) is 1. The van der Waals surface area contributed by atoms with E-state index in [1.165, 1.54) is 18.4 Å². The highest BCUT2D eigenvalue weighted by molar-refractivity contribution is 7.20. The van der Waals surface area contributed by atoms with Crippen molar-refractivity contribution < 1.29 is 28.7 Å². The summed E-state index contributed by atoms with van der Waals surface area (Å²) in [5.41, 5.74) is 4.22. The molecule has 0 saturated heterocycles. The van der Waals surface area contributed by atoms with Crippen LogP contribution in [-0.4, -0.2) is 38.0 Å². The smallest absolute Gasteiger partial charge is 0.305 e. The van der Waals surface area contributed by atoms with Gasteiger partial charge in [0, 0.05) is 24.0 Å². The lowest BCUT2D eigenvalue weighted by atomic mass is 10.0. The highest BCUT2D eigenvalue weighted by Gasteiger charge is 2.12. The number of ketones is 1. The molecule has 0 aliphatic rings. The third-order valence-electron chi connectivity index (χ3n) is 4.86. The van der Waals surface area contributed by atoms with Crippen LogP contribution in [0, 0.1) is 0 Å². The molecule has 0 saturated carbocycles. The van der Waals surface area contributed by atoms with Crippen molar-refractivity contribution in [2.75, 3.05) is 20.3 Å². The van der Waals surface area contributed by atoms with E-state index in [0.717, 1.165) is 21.2 Å². The van der Waals surface area contributed by atoms with Gasteiger partial charge in [0.2, 0.25) is 0 Å². The number of hydroxylamine groups is 1. The molecule has 1 amide bonds. The topological polar surface area (TPSA) is 90.9 Å². The van der Waals surface area contributed by atoms with E-state index in [-0.39, 0.29) is 17.7 Å². The van der Waals surface area contributed by atoms with E-state index in [1.807, 2.05) is 48.5 Å². The highest BCUT2D eigenvalue weighted by Crippen LogP contribution is 2.27. The van der Waals surface area contributed by atoms with Gasteiger partial charge < -0.3 is 9.47 Å². The van der Waals surface area contributed by atoms with E-state index in [0.29, 0.717) is 49.5 Å². The molecule has 1 heterocycles. The van der Waals surface area contributed by atoms with Crippen molar-refractivity contribution in [3.8, 4) is 5.75 Å². The molecule has 0 fully saturated rings. The van der Waals surface area contributed by atoms with Gasteiger partial charge in [0.25, 0.3) is 5.91 Å². The fourth-order valence-corrected chi connectivity index (χ4v) is 4.16. The lowest BCUT2D eigenvalue weighted by molar-refractivity contribution is -0.140. The van der Waals surface area contributed by atoms with Crippen molar-refractivity contribution in [1.29, 1.82) is 0 Å². The van der Waals surface area contributed by atoms with E-state index >= 15 is 0 Å². The number of hydrogen-bond acceptors (Lipinski definition) is 7. The number of nitrogens with one attached hydrogen (secondary N) is 1. The Kier molecular flexibility index (Phi) is 8.97. The summed E-state index contributed by atoms with van der Waals surface area (Å²) in [6, 6.07) is 15.0. The molecule has 2 aromatic carbocycles. The third kappa shape index (κ3) is 7.40. The number of carbonyl (C=O) groups excluding carboxylic acids is 3. The molecule has 0 aliphatic carbocycles. The van der Waals surface area contributed by atoms with Crippen LogP contribution in [0.4, 0.5) is 0 Å². The number of thiophene rings is 1. The lowest BCUT2D eigenvalue weighted by Gasteiger charge is -2.07. The highest BCUT2D eigenvalue weighted by atomic mass is 32.1. The van der Waals surface area contributed by atoms with Crippen LogP contribution in [0.15, 0.2) is 48.5 Å². The Labute approximate surface area is 196 Å². The van der Waals surface area contributed by atoms with Crippen LogP contribution in [0.2, 0.25) is 0 Å². The summed E-state index contributed by atoms with van der Waals surface area (Å²) in [5, 5.41) is 0.931. The minimum absolute atomic E-state index is 0.102. The van der Waals surface area contributed by atoms with E-state index < -0.39 is 0 Å². The Morgan fingerprint density at radius 3 is 2.42 bits per heavy atom. The second-order valence-electron chi connectivity index (χ2n) is 7.41. The summed E-state index contributed by atoms with van der Waals surface area (Å²) in [6.07, 6.45) is 1.55. The first-order chi connectivity index (χ1) is 16.0. The van der Waals surface area contributed by atoms with Crippen LogP contribution in [0.3, 0.4) is 0 Å². The monoisotopic (exact) mass is 469 g/mol. The van der Waals surface area contributed by atoms with E-state index in [4.69, 9.17) is 9.57 Å². The lowest BCUT2D eigenvalue weighted by Crippen LogP contribution is -2.22. The first-order valence-electron chi connectivity index (χ1n) is 10.7. The van der Waals surface area contributed by atoms with Crippen molar-refractivity contribution >= 4 is 39.1 Å². The molecule has 33 heavy (non-hydrogen) atoms. The van der Waals surface area contributed by atoms with Gasteiger partial charge in [-0.1, -0.05) is 18.2 Å². The molecule has 0 spiro atoms. The molecule has 0 atom stereocenters. The summed E-state index contributed by atoms with van der Waals surface area (Å²) in [5.74, 6) is 0.276. The molecule has 7 nitrogen and oxygen atoms in total. The van der Waals surface area contributed by atoms with Gasteiger partial charge in [-0.2, -0.15) is 0 Å². The summed E-state index contributed by atoms with van der Waals surface area (Å²) in [7, 11) is 1.37. The average molecular weight is 470 g/mol. The maximum atomic E-state index is 12.6. The van der Waals surface area contributed by atoms with Gasteiger partial charge >= 0.3 is 5.97 Å². The number of benzene rings is 2. The summed E-state index contributed by atoms with van der Waals surface area (Å²) >= 11 is 1.39. The normalized spacial score (nSPS) is 10.7. The van der Waals surface area contributed by atoms with Crippen molar-refractivity contribution in [1.82, 2.24) is 5.48 Å². The third-order valence-corrected chi connectivity index (χ3v) is 5.98. The number of hydrogen-bond donors (Lipinski definition) is 1. The number of amides is 1. The van der Waals surface area contributed by atoms with E-state index in [1.54, 1.807) is 6.92 Å². The van der Waals surface area contributed by atoms with Crippen LogP contribution >= 0.6 is 11.3 Å². The molecule has 174 valence electrons. The predicted octanol–water partition coefficient (Wildman–Crippen LogP) is 4.27. The Bertz CT molecular complexity index is 1110. The van der Waals surface area contributed by atoms with Gasteiger partial charge in [-0.05, 0) is 60.2 Å². The Hall–Kier alpha value is -3.23. The quantitative estimate of drug-likeness (QED) is 0.242. The zero-order valence-corrected chi connectivity index (χ0v) is 19.5. The number of methoxy groups -OCH3 is 1. The molecule has 0 aliphatic heterocycles. The minimum Gasteiger partial charge on any atom is -0.494 e. The fraction of sp³-hybridized carbons (Fsp3) is 0.320. The zero-order valence-electron chi connectivity index (χ0n) is 18.7. The zero-order chi connectivity index (χ0) is 23.6. The van der Waals surface area contributed by atoms with Crippen LogP contribution in [0.25, 0.3) is 10.1 Å². The number of esters is 1. The molecule has 0 bridgehead atoms. The fourth-order valence-electron chi connectivity index (χ4n) is 3.23. The first-order valence-corrected chi connectivity index (χ1v) is 11.5. The number of fused-ring (bicyclic) bond motifs is 1. The van der Waals surface area contributed by atoms with Gasteiger partial charge in [0.1, 0.15) is 11.5 Å². The van der Waals surface area contributed by atoms with Crippen LogP contribution in [-0.2, 0) is 32.0 Å². The van der Waals surface area contributed by atoms with Gasteiger partial charge in [-0.15, -0.1) is 11.3 Å².